The summed E-state index contributed by atoms with van der Waals surface area (Å²) in [5.41, 5.74) is 6.33. The summed E-state index contributed by atoms with van der Waals surface area (Å²) in [5.74, 6) is 1.13. The third-order valence-electron chi connectivity index (χ3n) is 2.89. The van der Waals surface area contributed by atoms with Gasteiger partial charge in [0, 0.05) is 11.8 Å². The van der Waals surface area contributed by atoms with Crippen molar-refractivity contribution < 1.29 is 0 Å². The molecule has 16 heavy (non-hydrogen) atoms. The van der Waals surface area contributed by atoms with Gasteiger partial charge in [0.2, 0.25) is 0 Å². The number of pyridine rings is 1. The van der Waals surface area contributed by atoms with Crippen molar-refractivity contribution in [1.29, 1.82) is 0 Å². The van der Waals surface area contributed by atoms with Crippen LogP contribution in [0.2, 0.25) is 0 Å². The highest BCUT2D eigenvalue weighted by molar-refractivity contribution is 7.99. The van der Waals surface area contributed by atoms with Gasteiger partial charge in [-0.2, -0.15) is 0 Å². The maximum absolute atomic E-state index is 5.59. The molecule has 1 saturated heterocycles. The Hall–Kier alpha value is -0.740. The van der Waals surface area contributed by atoms with Crippen molar-refractivity contribution in [3.63, 3.8) is 0 Å². The van der Waals surface area contributed by atoms with E-state index in [1.54, 1.807) is 6.20 Å². The molecule has 0 aromatic carbocycles. The molecule has 1 unspecified atom stereocenters. The predicted octanol–water partition coefficient (Wildman–Crippen LogP) is 2.29. The number of hydrogen-bond acceptors (Lipinski definition) is 4. The third kappa shape index (κ3) is 3.68. The van der Waals surface area contributed by atoms with Gasteiger partial charge in [0.05, 0.1) is 16.9 Å². The lowest BCUT2D eigenvalue weighted by atomic mass is 10.0. The smallest absolute Gasteiger partial charge is 0.0961 e. The number of rotatable bonds is 4. The Morgan fingerprint density at radius 3 is 3.06 bits per heavy atom. The largest absolute Gasteiger partial charge is 0.397 e. The van der Waals surface area contributed by atoms with Crippen LogP contribution in [0.4, 0.5) is 5.69 Å². The highest BCUT2D eigenvalue weighted by Gasteiger charge is 2.11. The molecular formula is C12H19N3S. The fourth-order valence-electron chi connectivity index (χ4n) is 1.95. The first-order valence-corrected chi connectivity index (χ1v) is 6.91. The summed E-state index contributed by atoms with van der Waals surface area (Å²) in [6.07, 6.45) is 7.00. The lowest BCUT2D eigenvalue weighted by Gasteiger charge is -2.22. The lowest BCUT2D eigenvalue weighted by Crippen LogP contribution is -2.34. The second-order valence-electron chi connectivity index (χ2n) is 4.21. The molecule has 1 fully saturated rings. The van der Waals surface area contributed by atoms with Gasteiger partial charge in [-0.15, -0.1) is 11.8 Å². The van der Waals surface area contributed by atoms with E-state index in [1.165, 1.54) is 32.2 Å². The fourth-order valence-corrected chi connectivity index (χ4v) is 2.86. The number of hydrogen-bond donors (Lipinski definition) is 2. The standard InChI is InChI=1S/C12H19N3S/c13-10-4-5-12(15-9-10)16-8-6-11-3-1-2-7-14-11/h4-5,9,11,14H,1-3,6-8,13H2. The highest BCUT2D eigenvalue weighted by atomic mass is 32.2. The number of nitrogen functional groups attached to an aromatic ring is 1. The summed E-state index contributed by atoms with van der Waals surface area (Å²) >= 11 is 1.82. The van der Waals surface area contributed by atoms with E-state index in [4.69, 9.17) is 5.73 Å². The maximum Gasteiger partial charge on any atom is 0.0961 e. The van der Waals surface area contributed by atoms with E-state index in [-0.39, 0.29) is 0 Å². The van der Waals surface area contributed by atoms with Gasteiger partial charge in [-0.1, -0.05) is 6.42 Å². The zero-order valence-corrected chi connectivity index (χ0v) is 10.3. The summed E-state index contributed by atoms with van der Waals surface area (Å²) in [6.45, 7) is 1.19. The first-order valence-electron chi connectivity index (χ1n) is 5.92. The van der Waals surface area contributed by atoms with Crippen LogP contribution in [0.5, 0.6) is 0 Å². The van der Waals surface area contributed by atoms with Crippen LogP contribution in [-0.4, -0.2) is 23.3 Å². The van der Waals surface area contributed by atoms with Crippen molar-refractivity contribution in [3.05, 3.63) is 18.3 Å². The Morgan fingerprint density at radius 2 is 2.38 bits per heavy atom. The molecule has 0 saturated carbocycles. The molecule has 88 valence electrons. The second-order valence-corrected chi connectivity index (χ2v) is 5.33. The molecular weight excluding hydrogens is 218 g/mol. The zero-order chi connectivity index (χ0) is 11.2. The molecule has 2 rings (SSSR count). The van der Waals surface area contributed by atoms with E-state index in [9.17, 15) is 0 Å². The van der Waals surface area contributed by atoms with Crippen LogP contribution in [0, 0.1) is 0 Å². The SMILES string of the molecule is Nc1ccc(SCCC2CCCCN2)nc1. The van der Waals surface area contributed by atoms with Crippen LogP contribution in [0.25, 0.3) is 0 Å². The molecule has 2 heterocycles. The summed E-state index contributed by atoms with van der Waals surface area (Å²) in [5, 5.41) is 4.63. The molecule has 1 atom stereocenters. The van der Waals surface area contributed by atoms with Gasteiger partial charge in [0.25, 0.3) is 0 Å². The second kappa shape index (κ2) is 6.11. The number of piperidine rings is 1. The van der Waals surface area contributed by atoms with E-state index in [0.717, 1.165) is 22.5 Å². The van der Waals surface area contributed by atoms with Gasteiger partial charge in [-0.25, -0.2) is 4.98 Å². The molecule has 1 aliphatic rings. The van der Waals surface area contributed by atoms with Gasteiger partial charge >= 0.3 is 0 Å². The quantitative estimate of drug-likeness (QED) is 0.789. The normalized spacial score (nSPS) is 20.9. The summed E-state index contributed by atoms with van der Waals surface area (Å²) in [4.78, 5) is 4.28. The zero-order valence-electron chi connectivity index (χ0n) is 9.48. The van der Waals surface area contributed by atoms with Gasteiger partial charge in [-0.05, 0) is 37.9 Å². The van der Waals surface area contributed by atoms with Crippen molar-refractivity contribution in [3.8, 4) is 0 Å². The Morgan fingerprint density at radius 1 is 1.44 bits per heavy atom. The molecule has 4 heteroatoms. The first kappa shape index (κ1) is 11.7. The molecule has 1 aromatic heterocycles. The van der Waals surface area contributed by atoms with Gasteiger partial charge < -0.3 is 11.1 Å². The lowest BCUT2D eigenvalue weighted by molar-refractivity contribution is 0.394. The molecule has 3 nitrogen and oxygen atoms in total. The van der Waals surface area contributed by atoms with Gasteiger partial charge in [-0.3, -0.25) is 0 Å². The summed E-state index contributed by atoms with van der Waals surface area (Å²) in [7, 11) is 0. The molecule has 0 bridgehead atoms. The number of nitrogens with two attached hydrogens (primary N) is 1. The van der Waals surface area contributed by atoms with Crippen LogP contribution in [0.1, 0.15) is 25.7 Å². The van der Waals surface area contributed by atoms with E-state index in [1.807, 2.05) is 23.9 Å². The minimum atomic E-state index is 0.718. The van der Waals surface area contributed by atoms with Crippen LogP contribution >= 0.6 is 11.8 Å². The highest BCUT2D eigenvalue weighted by Crippen LogP contribution is 2.19. The van der Waals surface area contributed by atoms with Gasteiger partial charge in [0.15, 0.2) is 0 Å². The Kier molecular flexibility index (Phi) is 4.48. The average molecular weight is 237 g/mol. The number of nitrogens with zero attached hydrogens (tertiary/aromatic N) is 1. The fraction of sp³-hybridized carbons (Fsp3) is 0.583. The molecule has 1 aliphatic heterocycles. The minimum Gasteiger partial charge on any atom is -0.397 e. The van der Waals surface area contributed by atoms with Crippen molar-refractivity contribution in [2.75, 3.05) is 18.0 Å². The average Bonchev–Trinajstić information content (AvgIpc) is 2.33. The van der Waals surface area contributed by atoms with Crippen molar-refractivity contribution in [1.82, 2.24) is 10.3 Å². The van der Waals surface area contributed by atoms with Crippen LogP contribution < -0.4 is 11.1 Å². The monoisotopic (exact) mass is 237 g/mol. The number of thioether (sulfide) groups is 1. The number of nitrogens with one attached hydrogen (secondary N) is 1. The molecule has 1 aromatic rings. The molecule has 0 amide bonds. The molecule has 0 aliphatic carbocycles. The van der Waals surface area contributed by atoms with Gasteiger partial charge in [0.1, 0.15) is 0 Å². The number of anilines is 1. The Bertz CT molecular complexity index is 307. The van der Waals surface area contributed by atoms with Crippen molar-refractivity contribution in [2.45, 2.75) is 36.8 Å². The Labute approximate surface area is 101 Å². The maximum atomic E-state index is 5.59. The van der Waals surface area contributed by atoms with Crippen LogP contribution in [-0.2, 0) is 0 Å². The molecule has 0 radical (unpaired) electrons. The van der Waals surface area contributed by atoms with Crippen molar-refractivity contribution >= 4 is 17.4 Å². The van der Waals surface area contributed by atoms with E-state index in [0.29, 0.717) is 0 Å². The summed E-state index contributed by atoms with van der Waals surface area (Å²) in [6, 6.07) is 4.62. The van der Waals surface area contributed by atoms with Crippen LogP contribution in [0.3, 0.4) is 0 Å². The van der Waals surface area contributed by atoms with Crippen LogP contribution in [0.15, 0.2) is 23.4 Å². The first-order chi connectivity index (χ1) is 7.84. The van der Waals surface area contributed by atoms with E-state index >= 15 is 0 Å². The topological polar surface area (TPSA) is 50.9 Å². The van der Waals surface area contributed by atoms with E-state index in [2.05, 4.69) is 10.3 Å². The molecule has 3 N–H and O–H groups in total. The van der Waals surface area contributed by atoms with Crippen molar-refractivity contribution in [2.24, 2.45) is 0 Å². The Balaban J connectivity index is 1.69. The molecule has 0 spiro atoms. The predicted molar refractivity (Wildman–Crippen MR) is 69.6 cm³/mol. The minimum absolute atomic E-state index is 0.718. The summed E-state index contributed by atoms with van der Waals surface area (Å²) < 4.78 is 0. The number of aromatic nitrogens is 1. The van der Waals surface area contributed by atoms with E-state index < -0.39 is 0 Å². The third-order valence-corrected chi connectivity index (χ3v) is 3.86.